The highest BCUT2D eigenvalue weighted by Crippen LogP contribution is 2.35. The Morgan fingerprint density at radius 1 is 1.15 bits per heavy atom. The zero-order valence-electron chi connectivity index (χ0n) is 22.9. The molecule has 0 saturated carbocycles. The Labute approximate surface area is 242 Å². The van der Waals surface area contributed by atoms with Crippen LogP contribution in [-0.4, -0.2) is 71.8 Å². The van der Waals surface area contributed by atoms with Crippen LogP contribution >= 0.6 is 15.9 Å². The molecule has 0 radical (unpaired) electrons. The van der Waals surface area contributed by atoms with Crippen LogP contribution in [0.3, 0.4) is 0 Å². The van der Waals surface area contributed by atoms with E-state index in [-0.39, 0.29) is 11.8 Å². The van der Waals surface area contributed by atoms with Gasteiger partial charge in [0.25, 0.3) is 0 Å². The molecule has 1 unspecified atom stereocenters. The fourth-order valence-electron chi connectivity index (χ4n) is 5.24. The van der Waals surface area contributed by atoms with Gasteiger partial charge in [-0.05, 0) is 79.9 Å². The van der Waals surface area contributed by atoms with Crippen LogP contribution in [-0.2, 0) is 20.0 Å². The number of nitrogens with one attached hydrogen (secondary N) is 3. The van der Waals surface area contributed by atoms with E-state index in [9.17, 15) is 16.8 Å². The van der Waals surface area contributed by atoms with Crippen molar-refractivity contribution in [1.29, 1.82) is 0 Å². The smallest absolute Gasteiger partial charge is 0.229 e. The third kappa shape index (κ3) is 5.49. The summed E-state index contributed by atoms with van der Waals surface area (Å²) in [6, 6.07) is 7.47. The zero-order chi connectivity index (χ0) is 29.0. The van der Waals surface area contributed by atoms with E-state index in [0.717, 1.165) is 44.6 Å². The van der Waals surface area contributed by atoms with Crippen LogP contribution in [0.1, 0.15) is 30.3 Å². The molecule has 4 heterocycles. The van der Waals surface area contributed by atoms with Crippen molar-refractivity contribution in [2.75, 3.05) is 35.1 Å². The van der Waals surface area contributed by atoms with E-state index in [0.29, 0.717) is 42.2 Å². The van der Waals surface area contributed by atoms with Gasteiger partial charge in [0.1, 0.15) is 11.3 Å². The number of aromatic nitrogens is 4. The van der Waals surface area contributed by atoms with Gasteiger partial charge in [-0.2, -0.15) is 4.31 Å². The minimum Gasteiger partial charge on any atom is -0.378 e. The molecule has 11 nitrogen and oxygen atoms in total. The Hall–Kier alpha value is -2.94. The van der Waals surface area contributed by atoms with E-state index < -0.39 is 20.0 Å². The summed E-state index contributed by atoms with van der Waals surface area (Å²) in [6.07, 6.45) is 3.54. The van der Waals surface area contributed by atoms with Gasteiger partial charge in [-0.1, -0.05) is 0 Å². The lowest BCUT2D eigenvalue weighted by atomic mass is 10.1. The quantitative estimate of drug-likeness (QED) is 0.258. The monoisotopic (exact) mass is 649 g/mol. The molecule has 5 rings (SSSR count). The third-order valence-corrected chi connectivity index (χ3v) is 10.2. The largest absolute Gasteiger partial charge is 0.378 e. The van der Waals surface area contributed by atoms with E-state index in [1.165, 1.54) is 4.31 Å². The Balaban J connectivity index is 1.48. The molecule has 3 N–H and O–H groups in total. The number of halogens is 1. The summed E-state index contributed by atoms with van der Waals surface area (Å²) in [4.78, 5) is 12.8. The fourth-order valence-corrected chi connectivity index (χ4v) is 7.35. The van der Waals surface area contributed by atoms with Gasteiger partial charge in [0.15, 0.2) is 5.65 Å². The number of fused-ring (bicyclic) bond motifs is 1. The number of anilines is 2. The molecule has 1 atom stereocenters. The number of H-pyrrole nitrogens is 1. The molecule has 3 aromatic heterocycles. The van der Waals surface area contributed by atoms with Gasteiger partial charge in [0.2, 0.25) is 20.0 Å². The van der Waals surface area contributed by atoms with Crippen LogP contribution in [0.25, 0.3) is 28.2 Å². The molecule has 1 aliphatic rings. The van der Waals surface area contributed by atoms with Crippen LogP contribution in [0, 0.1) is 20.8 Å². The second-order valence-corrected chi connectivity index (χ2v) is 15.0. The number of benzene rings is 1. The highest BCUT2D eigenvalue weighted by Gasteiger charge is 2.31. The predicted molar refractivity (Wildman–Crippen MR) is 162 cm³/mol. The molecule has 214 valence electrons. The van der Waals surface area contributed by atoms with Crippen molar-refractivity contribution in [3.63, 3.8) is 0 Å². The lowest BCUT2D eigenvalue weighted by molar-refractivity contribution is 0.476. The van der Waals surface area contributed by atoms with Crippen molar-refractivity contribution in [3.05, 3.63) is 51.9 Å². The third-order valence-electron chi connectivity index (χ3n) is 7.15. The topological polar surface area (TPSA) is 142 Å². The number of pyridine rings is 1. The highest BCUT2D eigenvalue weighted by atomic mass is 79.9. The van der Waals surface area contributed by atoms with E-state index in [1.54, 1.807) is 19.2 Å². The van der Waals surface area contributed by atoms with Crippen molar-refractivity contribution >= 4 is 58.5 Å². The van der Waals surface area contributed by atoms with Crippen molar-refractivity contribution in [2.45, 2.75) is 40.2 Å². The Kier molecular flexibility index (Phi) is 7.48. The lowest BCUT2D eigenvalue weighted by Crippen LogP contribution is -2.32. The first-order valence-electron chi connectivity index (χ1n) is 12.8. The number of aryl methyl sites for hydroxylation is 2. The molecule has 0 bridgehead atoms. The maximum atomic E-state index is 12.3. The summed E-state index contributed by atoms with van der Waals surface area (Å²) in [5, 5.41) is 3.50. The predicted octanol–water partition coefficient (Wildman–Crippen LogP) is 4.31. The normalized spacial score (nSPS) is 16.6. The molecule has 1 fully saturated rings. The highest BCUT2D eigenvalue weighted by molar-refractivity contribution is 9.10. The maximum absolute atomic E-state index is 12.3. The van der Waals surface area contributed by atoms with Gasteiger partial charge < -0.3 is 14.9 Å². The number of nitrogens with zero attached hydrogens (tertiary/aromatic N) is 4. The molecule has 0 spiro atoms. The van der Waals surface area contributed by atoms with Gasteiger partial charge in [-0.3, -0.25) is 4.72 Å². The number of rotatable bonds is 8. The van der Waals surface area contributed by atoms with Crippen LogP contribution in [0.4, 0.5) is 11.4 Å². The van der Waals surface area contributed by atoms with E-state index >= 15 is 0 Å². The van der Waals surface area contributed by atoms with Crippen molar-refractivity contribution in [2.24, 2.45) is 0 Å². The second-order valence-electron chi connectivity index (χ2n) is 10.1. The number of sulfonamides is 2. The molecular weight excluding hydrogens is 618 g/mol. The number of imidazole rings is 1. The lowest BCUT2D eigenvalue weighted by Gasteiger charge is -2.17. The fraction of sp³-hybridized carbons (Fsp3) is 0.385. The van der Waals surface area contributed by atoms with Crippen molar-refractivity contribution in [3.8, 4) is 17.1 Å². The average molecular weight is 651 g/mol. The molecule has 4 aromatic rings. The summed E-state index contributed by atoms with van der Waals surface area (Å²) < 4.78 is 54.9. The number of hydrogen-bond donors (Lipinski definition) is 3. The summed E-state index contributed by atoms with van der Waals surface area (Å²) in [5.41, 5.74) is 7.30. The molecule has 1 aliphatic heterocycles. The molecular formula is C26H32BrN7O4S2. The Bertz CT molecular complexity index is 1830. The Morgan fingerprint density at radius 3 is 2.58 bits per heavy atom. The second kappa shape index (κ2) is 10.5. The van der Waals surface area contributed by atoms with Crippen molar-refractivity contribution < 1.29 is 16.8 Å². The van der Waals surface area contributed by atoms with E-state index in [4.69, 9.17) is 4.98 Å². The van der Waals surface area contributed by atoms with Crippen molar-refractivity contribution in [1.82, 2.24) is 23.8 Å². The summed E-state index contributed by atoms with van der Waals surface area (Å²) in [5.74, 6) is 0.753. The van der Waals surface area contributed by atoms with E-state index in [2.05, 4.69) is 46.6 Å². The van der Waals surface area contributed by atoms with Gasteiger partial charge in [-0.25, -0.2) is 26.8 Å². The minimum absolute atomic E-state index is 0.0448. The van der Waals surface area contributed by atoms with Crippen LogP contribution < -0.4 is 10.0 Å². The Morgan fingerprint density at radius 2 is 1.90 bits per heavy atom. The molecule has 0 amide bonds. The standard InChI is InChI=1S/C26H32BrN7O4S2/c1-6-40(37,38)33-10-9-19(14-33)29-23-21(27)13-28-26-24(23)30-25(31-26)20-12-16(3)34(17(20)4)22-8-7-18(11-15(22)2)32-39(5,35)36/h7-8,11-13,19,32H,6,9-10,14H2,1-5H3,(H2,28,29,30,31). The molecule has 1 aromatic carbocycles. The summed E-state index contributed by atoms with van der Waals surface area (Å²) in [7, 11) is -6.61. The number of aromatic amines is 1. The summed E-state index contributed by atoms with van der Waals surface area (Å²) in [6.45, 7) is 8.53. The average Bonchev–Trinajstić information content (AvgIpc) is 3.58. The van der Waals surface area contributed by atoms with Crippen LogP contribution in [0.5, 0.6) is 0 Å². The maximum Gasteiger partial charge on any atom is 0.229 e. The first-order valence-corrected chi connectivity index (χ1v) is 17.1. The first-order chi connectivity index (χ1) is 18.8. The molecule has 14 heteroatoms. The van der Waals surface area contributed by atoms with Gasteiger partial charge in [-0.15, -0.1) is 0 Å². The minimum atomic E-state index is -3.37. The first kappa shape index (κ1) is 28.6. The van der Waals surface area contributed by atoms with E-state index in [1.807, 2.05) is 32.9 Å². The molecule has 40 heavy (non-hydrogen) atoms. The molecule has 1 saturated heterocycles. The summed E-state index contributed by atoms with van der Waals surface area (Å²) >= 11 is 3.59. The van der Waals surface area contributed by atoms with Crippen LogP contribution in [0.2, 0.25) is 0 Å². The van der Waals surface area contributed by atoms with Gasteiger partial charge in [0, 0.05) is 53.7 Å². The zero-order valence-corrected chi connectivity index (χ0v) is 26.1. The van der Waals surface area contributed by atoms with Gasteiger partial charge in [0.05, 0.1) is 22.2 Å². The SMILES string of the molecule is CCS(=O)(=O)N1CCC(Nc2c(Br)cnc3[nH]c(-c4cc(C)n(-c5ccc(NS(C)(=O)=O)cc5C)c4C)nc23)C1. The van der Waals surface area contributed by atoms with Crippen LogP contribution in [0.15, 0.2) is 34.9 Å². The number of hydrogen-bond acceptors (Lipinski definition) is 7. The molecule has 0 aliphatic carbocycles. The van der Waals surface area contributed by atoms with Gasteiger partial charge >= 0.3 is 0 Å².